The molecule has 2 heterocycles. The largest absolute Gasteiger partial charge is 0.480 e. The van der Waals surface area contributed by atoms with Crippen molar-refractivity contribution in [2.45, 2.75) is 19.2 Å². The van der Waals surface area contributed by atoms with E-state index in [4.69, 9.17) is 22.1 Å². The zero-order chi connectivity index (χ0) is 25.1. The summed E-state index contributed by atoms with van der Waals surface area (Å²) in [5, 5.41) is 13.5. The number of nitrogens with two attached hydrogens (primary N) is 1. The zero-order valence-corrected chi connectivity index (χ0v) is 19.3. The van der Waals surface area contributed by atoms with E-state index in [-0.39, 0.29) is 6.54 Å². The summed E-state index contributed by atoms with van der Waals surface area (Å²) >= 11 is 6.12. The molecule has 2 aromatic heterocycles. The number of nitrogens with zero attached hydrogens (tertiary/aromatic N) is 3. The predicted octanol–water partition coefficient (Wildman–Crippen LogP) is 2.72. The molecule has 0 radical (unpaired) electrons. The van der Waals surface area contributed by atoms with Gasteiger partial charge in [-0.05, 0) is 41.5 Å². The van der Waals surface area contributed by atoms with Gasteiger partial charge < -0.3 is 20.9 Å². The Morgan fingerprint density at radius 2 is 2.03 bits per heavy atom. The number of hydrogen-bond acceptors (Lipinski definition) is 7. The number of anilines is 1. The lowest BCUT2D eigenvalue weighted by Gasteiger charge is -2.13. The highest BCUT2D eigenvalue weighted by Gasteiger charge is 2.15. The van der Waals surface area contributed by atoms with Crippen molar-refractivity contribution in [3.63, 3.8) is 0 Å². The molecule has 0 aliphatic carbocycles. The van der Waals surface area contributed by atoms with Gasteiger partial charge in [-0.3, -0.25) is 14.2 Å². The van der Waals surface area contributed by atoms with Gasteiger partial charge in [0.1, 0.15) is 11.9 Å². The number of nitrogens with one attached hydrogen (secondary N) is 1. The molecular formula is C24H21ClFN5O4. The zero-order valence-electron chi connectivity index (χ0n) is 18.5. The summed E-state index contributed by atoms with van der Waals surface area (Å²) in [5.41, 5.74) is 7.74. The lowest BCUT2D eigenvalue weighted by molar-refractivity contribution is -0.126. The molecule has 0 fully saturated rings. The van der Waals surface area contributed by atoms with Gasteiger partial charge in [0.05, 0.1) is 36.6 Å². The molecule has 0 aliphatic rings. The minimum absolute atomic E-state index is 0.292. The highest BCUT2D eigenvalue weighted by molar-refractivity contribution is 6.31. The molecule has 9 nitrogen and oxygen atoms in total. The van der Waals surface area contributed by atoms with Gasteiger partial charge in [0.2, 0.25) is 11.8 Å². The van der Waals surface area contributed by atoms with Crippen LogP contribution in [0, 0.1) is 5.82 Å². The first-order chi connectivity index (χ1) is 16.8. The van der Waals surface area contributed by atoms with Crippen LogP contribution in [-0.4, -0.2) is 38.8 Å². The number of pyridine rings is 1. The molecule has 2 aromatic carbocycles. The minimum atomic E-state index is -1.51. The number of ether oxygens (including phenoxy) is 1. The van der Waals surface area contributed by atoms with Gasteiger partial charge in [-0.25, -0.2) is 14.4 Å². The molecule has 0 bridgehead atoms. The Kier molecular flexibility index (Phi) is 6.94. The van der Waals surface area contributed by atoms with Crippen LogP contribution < -0.4 is 21.3 Å². The fraction of sp³-hybridized carbons (Fsp3) is 0.167. The van der Waals surface area contributed by atoms with Crippen molar-refractivity contribution in [3.8, 4) is 17.0 Å². The van der Waals surface area contributed by atoms with Crippen LogP contribution in [0.4, 0.5) is 10.1 Å². The molecule has 180 valence electrons. The van der Waals surface area contributed by atoms with Crippen molar-refractivity contribution in [2.75, 3.05) is 12.4 Å². The smallest absolute Gasteiger partial charge is 0.261 e. The molecule has 35 heavy (non-hydrogen) atoms. The summed E-state index contributed by atoms with van der Waals surface area (Å²) in [5.74, 6) is -1.01. The van der Waals surface area contributed by atoms with E-state index in [1.54, 1.807) is 36.5 Å². The number of fused-ring (bicyclic) bond motifs is 1. The molecule has 0 saturated heterocycles. The van der Waals surface area contributed by atoms with Crippen LogP contribution in [-0.2, 0) is 17.9 Å². The molecule has 0 saturated carbocycles. The van der Waals surface area contributed by atoms with Crippen molar-refractivity contribution >= 4 is 34.1 Å². The molecule has 0 spiro atoms. The number of aliphatic hydroxyl groups is 1. The predicted molar refractivity (Wildman–Crippen MR) is 130 cm³/mol. The first-order valence-electron chi connectivity index (χ1n) is 10.5. The summed E-state index contributed by atoms with van der Waals surface area (Å²) in [4.78, 5) is 32.7. The number of rotatable bonds is 8. The van der Waals surface area contributed by atoms with E-state index in [1.165, 1.54) is 25.6 Å². The second-order valence-electron chi connectivity index (χ2n) is 7.72. The summed E-state index contributed by atoms with van der Waals surface area (Å²) in [6, 6.07) is 11.1. The second-order valence-corrected chi connectivity index (χ2v) is 8.13. The lowest BCUT2D eigenvalue weighted by Crippen LogP contribution is -2.35. The Labute approximate surface area is 204 Å². The first kappa shape index (κ1) is 24.1. The van der Waals surface area contributed by atoms with E-state index < -0.39 is 23.4 Å². The third-order valence-electron chi connectivity index (χ3n) is 5.38. The number of carbonyl (C=O) groups is 1. The second kappa shape index (κ2) is 10.1. The third-order valence-corrected chi connectivity index (χ3v) is 5.74. The average Bonchev–Trinajstić information content (AvgIpc) is 2.84. The van der Waals surface area contributed by atoms with Crippen LogP contribution >= 0.6 is 11.6 Å². The maximum absolute atomic E-state index is 13.3. The molecule has 4 aromatic rings. The van der Waals surface area contributed by atoms with Crippen molar-refractivity contribution in [1.82, 2.24) is 14.5 Å². The number of benzene rings is 2. The maximum atomic E-state index is 13.3. The van der Waals surface area contributed by atoms with E-state index in [9.17, 15) is 19.1 Å². The van der Waals surface area contributed by atoms with E-state index in [1.807, 2.05) is 0 Å². The average molecular weight is 498 g/mol. The van der Waals surface area contributed by atoms with Crippen LogP contribution in [0.3, 0.4) is 0 Å². The number of hydrogen-bond donors (Lipinski definition) is 3. The number of aliphatic hydroxyl groups excluding tert-OH is 1. The van der Waals surface area contributed by atoms with Crippen molar-refractivity contribution in [1.29, 1.82) is 0 Å². The fourth-order valence-corrected chi connectivity index (χ4v) is 3.73. The molecule has 11 heteroatoms. The normalized spacial score (nSPS) is 11.9. The Morgan fingerprint density at radius 3 is 2.74 bits per heavy atom. The molecule has 1 atom stereocenters. The van der Waals surface area contributed by atoms with Crippen LogP contribution in [0.25, 0.3) is 22.0 Å². The minimum Gasteiger partial charge on any atom is -0.480 e. The van der Waals surface area contributed by atoms with Crippen LogP contribution in [0.15, 0.2) is 59.8 Å². The standard InChI is InChI=1S/C24H21ClFN5O4/c1-35-23-20(28-9-14-2-4-16(26)8-18(14)25)7-15(10-29-23)13-3-5-19-17(6-13)24(34)31(12-30-19)11-21(32)22(27)33/h2-8,10,12,21,28,32H,9,11H2,1H3,(H2,27,33). The summed E-state index contributed by atoms with van der Waals surface area (Å²) in [6.07, 6.45) is 1.35. The molecule has 4 rings (SSSR count). The highest BCUT2D eigenvalue weighted by Crippen LogP contribution is 2.30. The van der Waals surface area contributed by atoms with Crippen molar-refractivity contribution < 1.29 is 19.0 Å². The van der Waals surface area contributed by atoms with Gasteiger partial charge >= 0.3 is 0 Å². The van der Waals surface area contributed by atoms with Gasteiger partial charge in [-0.1, -0.05) is 23.7 Å². The quantitative estimate of drug-likeness (QED) is 0.341. The van der Waals surface area contributed by atoms with Crippen molar-refractivity contribution in [3.05, 3.63) is 81.7 Å². The van der Waals surface area contributed by atoms with E-state index in [0.717, 1.165) is 4.57 Å². The van der Waals surface area contributed by atoms with Gasteiger partial charge in [-0.2, -0.15) is 0 Å². The number of carbonyl (C=O) groups excluding carboxylic acids is 1. The van der Waals surface area contributed by atoms with Crippen molar-refractivity contribution in [2.24, 2.45) is 5.73 Å². The highest BCUT2D eigenvalue weighted by atomic mass is 35.5. The number of halogens is 2. The Bertz CT molecular complexity index is 1480. The van der Waals surface area contributed by atoms with Crippen LogP contribution in [0.1, 0.15) is 5.56 Å². The van der Waals surface area contributed by atoms with Gasteiger partial charge in [0.15, 0.2) is 0 Å². The van der Waals surface area contributed by atoms with Crippen LogP contribution in [0.2, 0.25) is 5.02 Å². The van der Waals surface area contributed by atoms with E-state index in [2.05, 4.69) is 15.3 Å². The van der Waals surface area contributed by atoms with E-state index in [0.29, 0.717) is 50.7 Å². The third kappa shape index (κ3) is 5.23. The topological polar surface area (TPSA) is 132 Å². The SMILES string of the molecule is COc1ncc(-c2ccc3ncn(CC(O)C(N)=O)c(=O)c3c2)cc1NCc1ccc(F)cc1Cl. The summed E-state index contributed by atoms with van der Waals surface area (Å²) in [7, 11) is 1.49. The summed E-state index contributed by atoms with van der Waals surface area (Å²) in [6.45, 7) is 0.000579. The Hall–Kier alpha value is -4.02. The Balaban J connectivity index is 1.67. The van der Waals surface area contributed by atoms with Gasteiger partial charge in [0.25, 0.3) is 5.56 Å². The van der Waals surface area contributed by atoms with Gasteiger partial charge in [-0.15, -0.1) is 0 Å². The molecule has 4 N–H and O–H groups in total. The number of aromatic nitrogens is 3. The molecule has 0 aliphatic heterocycles. The van der Waals surface area contributed by atoms with E-state index >= 15 is 0 Å². The molecular weight excluding hydrogens is 477 g/mol. The molecule has 1 unspecified atom stereocenters. The summed E-state index contributed by atoms with van der Waals surface area (Å²) < 4.78 is 19.8. The maximum Gasteiger partial charge on any atom is 0.261 e. The number of amides is 1. The fourth-order valence-electron chi connectivity index (χ4n) is 3.50. The van der Waals surface area contributed by atoms with Gasteiger partial charge in [0, 0.05) is 23.3 Å². The number of primary amides is 1. The van der Waals surface area contributed by atoms with Crippen LogP contribution in [0.5, 0.6) is 5.88 Å². The first-order valence-corrected chi connectivity index (χ1v) is 10.8. The monoisotopic (exact) mass is 497 g/mol. The molecule has 1 amide bonds. The lowest BCUT2D eigenvalue weighted by atomic mass is 10.0. The Morgan fingerprint density at radius 1 is 1.23 bits per heavy atom. The number of methoxy groups -OCH3 is 1.